The predicted molar refractivity (Wildman–Crippen MR) is 88.1 cm³/mol. The molecule has 21 heavy (non-hydrogen) atoms. The van der Waals surface area contributed by atoms with Gasteiger partial charge in [0.1, 0.15) is 6.61 Å². The summed E-state index contributed by atoms with van der Waals surface area (Å²) in [5, 5.41) is 3.27. The van der Waals surface area contributed by atoms with Gasteiger partial charge in [0.05, 0.1) is 0 Å². The Balaban J connectivity index is 1.60. The number of esters is 1. The summed E-state index contributed by atoms with van der Waals surface area (Å²) in [6, 6.07) is 17.7. The van der Waals surface area contributed by atoms with E-state index in [0.717, 1.165) is 28.7 Å². The summed E-state index contributed by atoms with van der Waals surface area (Å²) in [6.07, 6.45) is 1.18. The average molecular weight is 348 g/mol. The van der Waals surface area contributed by atoms with E-state index in [1.807, 2.05) is 54.6 Å². The Morgan fingerprint density at radius 1 is 1.05 bits per heavy atom. The Bertz CT molecular complexity index is 555. The first-order valence-corrected chi connectivity index (χ1v) is 7.72. The van der Waals surface area contributed by atoms with Crippen LogP contribution in [0.4, 0.5) is 5.69 Å². The highest BCUT2D eigenvalue weighted by Crippen LogP contribution is 2.11. The number of carbonyl (C=O) groups excluding carboxylic acids is 1. The first kappa shape index (κ1) is 15.6. The van der Waals surface area contributed by atoms with Crippen LogP contribution in [0, 0.1) is 0 Å². The lowest BCUT2D eigenvalue weighted by molar-refractivity contribution is -0.145. The summed E-state index contributed by atoms with van der Waals surface area (Å²) in [6.45, 7) is 1.09. The summed E-state index contributed by atoms with van der Waals surface area (Å²) >= 11 is 3.37. The third-order valence-corrected chi connectivity index (χ3v) is 3.50. The number of rotatable bonds is 7. The van der Waals surface area contributed by atoms with Crippen LogP contribution in [0.3, 0.4) is 0 Å². The van der Waals surface area contributed by atoms with Gasteiger partial charge in [-0.25, -0.2) is 0 Å². The minimum Gasteiger partial charge on any atom is -0.461 e. The summed E-state index contributed by atoms with van der Waals surface area (Å²) in [5.41, 5.74) is 2.06. The van der Waals surface area contributed by atoms with Crippen molar-refractivity contribution in [2.75, 3.05) is 11.9 Å². The van der Waals surface area contributed by atoms with Crippen molar-refractivity contribution in [1.82, 2.24) is 0 Å². The third-order valence-electron chi connectivity index (χ3n) is 2.97. The molecule has 0 saturated carbocycles. The molecule has 0 aliphatic heterocycles. The maximum Gasteiger partial charge on any atom is 0.306 e. The van der Waals surface area contributed by atoms with Gasteiger partial charge in [-0.1, -0.05) is 46.3 Å². The smallest absolute Gasteiger partial charge is 0.306 e. The SMILES string of the molecule is O=C(CCCNc1ccccc1)OCc1ccc(Br)cc1. The Hall–Kier alpha value is -1.81. The van der Waals surface area contributed by atoms with Gasteiger partial charge in [0, 0.05) is 23.1 Å². The van der Waals surface area contributed by atoms with Crippen LogP contribution in [0.5, 0.6) is 0 Å². The minimum atomic E-state index is -0.159. The van der Waals surface area contributed by atoms with Gasteiger partial charge in [-0.05, 0) is 36.2 Å². The largest absolute Gasteiger partial charge is 0.461 e. The first-order valence-electron chi connectivity index (χ1n) is 6.93. The van der Waals surface area contributed by atoms with Crippen molar-refractivity contribution in [3.63, 3.8) is 0 Å². The molecule has 0 bridgehead atoms. The molecule has 0 aromatic heterocycles. The minimum absolute atomic E-state index is 0.159. The van der Waals surface area contributed by atoms with Crippen molar-refractivity contribution < 1.29 is 9.53 Å². The van der Waals surface area contributed by atoms with E-state index >= 15 is 0 Å². The number of benzene rings is 2. The van der Waals surface area contributed by atoms with E-state index in [0.29, 0.717) is 13.0 Å². The number of halogens is 1. The maximum atomic E-state index is 11.6. The Morgan fingerprint density at radius 2 is 1.76 bits per heavy atom. The summed E-state index contributed by atoms with van der Waals surface area (Å²) in [7, 11) is 0. The van der Waals surface area contributed by atoms with Crippen LogP contribution in [0.25, 0.3) is 0 Å². The van der Waals surface area contributed by atoms with Crippen molar-refractivity contribution in [2.45, 2.75) is 19.4 Å². The molecule has 110 valence electrons. The molecule has 2 aromatic rings. The molecule has 0 fully saturated rings. The van der Waals surface area contributed by atoms with Crippen LogP contribution >= 0.6 is 15.9 Å². The van der Waals surface area contributed by atoms with Crippen molar-refractivity contribution in [2.24, 2.45) is 0 Å². The normalized spacial score (nSPS) is 10.1. The highest BCUT2D eigenvalue weighted by atomic mass is 79.9. The zero-order valence-electron chi connectivity index (χ0n) is 11.7. The number of nitrogens with one attached hydrogen (secondary N) is 1. The molecule has 0 spiro atoms. The molecule has 1 N–H and O–H groups in total. The van der Waals surface area contributed by atoms with Crippen LogP contribution in [-0.4, -0.2) is 12.5 Å². The molecule has 0 unspecified atom stereocenters. The van der Waals surface area contributed by atoms with Crippen molar-refractivity contribution in [3.8, 4) is 0 Å². The van der Waals surface area contributed by atoms with Crippen molar-refractivity contribution in [3.05, 3.63) is 64.6 Å². The lowest BCUT2D eigenvalue weighted by Crippen LogP contribution is -2.08. The number of ether oxygens (including phenoxy) is 1. The molecule has 3 nitrogen and oxygen atoms in total. The summed E-state index contributed by atoms with van der Waals surface area (Å²) in [5.74, 6) is -0.159. The van der Waals surface area contributed by atoms with E-state index < -0.39 is 0 Å². The van der Waals surface area contributed by atoms with E-state index in [2.05, 4.69) is 21.2 Å². The van der Waals surface area contributed by atoms with Gasteiger partial charge in [-0.2, -0.15) is 0 Å². The lowest BCUT2D eigenvalue weighted by atomic mass is 10.2. The maximum absolute atomic E-state index is 11.6. The second kappa shape index (κ2) is 8.47. The second-order valence-electron chi connectivity index (χ2n) is 4.68. The van der Waals surface area contributed by atoms with Crippen LogP contribution in [-0.2, 0) is 16.1 Å². The van der Waals surface area contributed by atoms with Gasteiger partial charge < -0.3 is 10.1 Å². The molecule has 0 radical (unpaired) electrons. The highest BCUT2D eigenvalue weighted by Gasteiger charge is 2.03. The molecule has 0 aliphatic rings. The topological polar surface area (TPSA) is 38.3 Å². The van der Waals surface area contributed by atoms with Gasteiger partial charge >= 0.3 is 5.97 Å². The van der Waals surface area contributed by atoms with Gasteiger partial charge in [0.2, 0.25) is 0 Å². The Morgan fingerprint density at radius 3 is 2.48 bits per heavy atom. The molecule has 0 aliphatic carbocycles. The van der Waals surface area contributed by atoms with E-state index in [-0.39, 0.29) is 5.97 Å². The van der Waals surface area contributed by atoms with Crippen molar-refractivity contribution in [1.29, 1.82) is 0 Å². The lowest BCUT2D eigenvalue weighted by Gasteiger charge is -2.07. The second-order valence-corrected chi connectivity index (χ2v) is 5.60. The number of carbonyl (C=O) groups is 1. The molecular formula is C17H18BrNO2. The fraction of sp³-hybridized carbons (Fsp3) is 0.235. The fourth-order valence-corrected chi connectivity index (χ4v) is 2.10. The molecule has 2 rings (SSSR count). The molecular weight excluding hydrogens is 330 g/mol. The summed E-state index contributed by atoms with van der Waals surface area (Å²) < 4.78 is 6.26. The van der Waals surface area contributed by atoms with Crippen LogP contribution in [0.2, 0.25) is 0 Å². The molecule has 0 amide bonds. The first-order chi connectivity index (χ1) is 10.2. The number of hydrogen-bond acceptors (Lipinski definition) is 3. The fourth-order valence-electron chi connectivity index (χ4n) is 1.84. The standard InChI is InChI=1S/C17H18BrNO2/c18-15-10-8-14(9-11-15)13-21-17(20)7-4-12-19-16-5-2-1-3-6-16/h1-3,5-6,8-11,19H,4,7,12-13H2. The number of hydrogen-bond donors (Lipinski definition) is 1. The van der Waals surface area contributed by atoms with E-state index in [1.54, 1.807) is 0 Å². The molecule has 2 aromatic carbocycles. The monoisotopic (exact) mass is 347 g/mol. The van der Waals surface area contributed by atoms with Crippen LogP contribution < -0.4 is 5.32 Å². The zero-order valence-corrected chi connectivity index (χ0v) is 13.3. The molecule has 4 heteroatoms. The van der Waals surface area contributed by atoms with Crippen LogP contribution in [0.1, 0.15) is 18.4 Å². The van der Waals surface area contributed by atoms with E-state index in [1.165, 1.54) is 0 Å². The molecule has 0 saturated heterocycles. The Kier molecular flexibility index (Phi) is 6.28. The van der Waals surface area contributed by atoms with E-state index in [4.69, 9.17) is 4.74 Å². The van der Waals surface area contributed by atoms with Crippen LogP contribution in [0.15, 0.2) is 59.1 Å². The molecule has 0 heterocycles. The van der Waals surface area contributed by atoms with E-state index in [9.17, 15) is 4.79 Å². The van der Waals surface area contributed by atoms with Gasteiger partial charge in [0.15, 0.2) is 0 Å². The number of para-hydroxylation sites is 1. The average Bonchev–Trinajstić information content (AvgIpc) is 2.52. The third kappa shape index (κ3) is 6.00. The van der Waals surface area contributed by atoms with Crippen molar-refractivity contribution >= 4 is 27.6 Å². The van der Waals surface area contributed by atoms with Gasteiger partial charge in [-0.3, -0.25) is 4.79 Å². The van der Waals surface area contributed by atoms with Gasteiger partial charge in [0.25, 0.3) is 0 Å². The summed E-state index contributed by atoms with van der Waals surface area (Å²) in [4.78, 5) is 11.6. The highest BCUT2D eigenvalue weighted by molar-refractivity contribution is 9.10. The molecule has 0 atom stereocenters. The Labute approximate surface area is 133 Å². The quantitative estimate of drug-likeness (QED) is 0.596. The van der Waals surface area contributed by atoms with Gasteiger partial charge in [-0.15, -0.1) is 0 Å². The predicted octanol–water partition coefficient (Wildman–Crippen LogP) is 4.38. The number of anilines is 1. The zero-order chi connectivity index (χ0) is 14.9.